The largest absolute Gasteiger partial charge is 0.481 e. The highest BCUT2D eigenvalue weighted by atomic mass is 16.5. The summed E-state index contributed by atoms with van der Waals surface area (Å²) in [6.45, 7) is 9.07. The van der Waals surface area contributed by atoms with Gasteiger partial charge in [0.15, 0.2) is 0 Å². The van der Waals surface area contributed by atoms with Gasteiger partial charge in [-0.1, -0.05) is 60.7 Å². The lowest BCUT2D eigenvalue weighted by atomic mass is 10.1. The van der Waals surface area contributed by atoms with Crippen LogP contribution in [0.15, 0.2) is 60.7 Å². The smallest absolute Gasteiger partial charge is 0.310 e. The number of hydrogen-bond acceptors (Lipinski definition) is 5. The van der Waals surface area contributed by atoms with E-state index in [0.29, 0.717) is 13.1 Å². The zero-order valence-electron chi connectivity index (χ0n) is 22.1. The molecule has 2 heterocycles. The Morgan fingerprint density at radius 1 is 0.730 bits per heavy atom. The summed E-state index contributed by atoms with van der Waals surface area (Å²) in [4.78, 5) is 22.2. The summed E-state index contributed by atoms with van der Waals surface area (Å²) in [5.41, 5.74) is 7.76. The van der Waals surface area contributed by atoms with E-state index in [-0.39, 0.29) is 18.8 Å². The molecule has 8 nitrogen and oxygen atoms in total. The molecule has 37 heavy (non-hydrogen) atoms. The molecule has 0 aliphatic heterocycles. The first-order valence-electron chi connectivity index (χ1n) is 12.1. The Labute approximate surface area is 217 Å². The lowest BCUT2D eigenvalue weighted by Crippen LogP contribution is -2.07. The molecule has 0 amide bonds. The SMILES string of the molecule is COC(=O)Cc1c(C)nn(Cc2ccccc2)c1C.Cc1nn(Cc2ccccc2)c(C)c1CC(=O)O. The molecule has 0 atom stereocenters. The summed E-state index contributed by atoms with van der Waals surface area (Å²) in [6, 6.07) is 20.2. The van der Waals surface area contributed by atoms with Crippen molar-refractivity contribution in [3.05, 3.63) is 106 Å². The molecule has 0 radical (unpaired) electrons. The number of benzene rings is 2. The van der Waals surface area contributed by atoms with Crippen LogP contribution in [0.2, 0.25) is 0 Å². The van der Waals surface area contributed by atoms with Crippen LogP contribution < -0.4 is 0 Å². The van der Waals surface area contributed by atoms with Gasteiger partial charge in [-0.25, -0.2) is 0 Å². The summed E-state index contributed by atoms with van der Waals surface area (Å²) in [5, 5.41) is 17.8. The van der Waals surface area contributed by atoms with Crippen molar-refractivity contribution >= 4 is 11.9 Å². The molecule has 0 unspecified atom stereocenters. The number of methoxy groups -OCH3 is 1. The van der Waals surface area contributed by atoms with E-state index in [9.17, 15) is 9.59 Å². The van der Waals surface area contributed by atoms with Crippen molar-refractivity contribution in [3.8, 4) is 0 Å². The number of aromatic nitrogens is 4. The second-order valence-electron chi connectivity index (χ2n) is 8.91. The summed E-state index contributed by atoms with van der Waals surface area (Å²) in [6.07, 6.45) is 0.315. The van der Waals surface area contributed by atoms with Crippen molar-refractivity contribution in [2.45, 2.75) is 53.6 Å². The van der Waals surface area contributed by atoms with E-state index in [1.165, 1.54) is 12.7 Å². The molecule has 1 N–H and O–H groups in total. The van der Waals surface area contributed by atoms with Gasteiger partial charge in [0.1, 0.15) is 0 Å². The maximum atomic E-state index is 11.4. The first kappa shape index (κ1) is 27.4. The molecule has 2 aromatic carbocycles. The molecule has 0 saturated heterocycles. The Hall–Kier alpha value is -4.20. The van der Waals surface area contributed by atoms with Gasteiger partial charge in [0.25, 0.3) is 0 Å². The maximum Gasteiger partial charge on any atom is 0.310 e. The number of carboxylic acid groups (broad SMARTS) is 1. The van der Waals surface area contributed by atoms with Gasteiger partial charge < -0.3 is 9.84 Å². The van der Waals surface area contributed by atoms with Crippen molar-refractivity contribution in [2.24, 2.45) is 0 Å². The van der Waals surface area contributed by atoms with Gasteiger partial charge in [0.05, 0.1) is 44.4 Å². The van der Waals surface area contributed by atoms with Crippen molar-refractivity contribution in [1.29, 1.82) is 0 Å². The molecule has 2 aromatic heterocycles. The van der Waals surface area contributed by atoms with Gasteiger partial charge in [0.2, 0.25) is 0 Å². The van der Waals surface area contributed by atoms with Crippen LogP contribution in [0.4, 0.5) is 0 Å². The van der Waals surface area contributed by atoms with E-state index in [2.05, 4.69) is 22.3 Å². The highest BCUT2D eigenvalue weighted by Gasteiger charge is 2.16. The van der Waals surface area contributed by atoms with Crippen molar-refractivity contribution in [1.82, 2.24) is 19.6 Å². The van der Waals surface area contributed by atoms with Crippen LogP contribution in [-0.2, 0) is 40.3 Å². The number of carbonyl (C=O) groups excluding carboxylic acids is 1. The van der Waals surface area contributed by atoms with Gasteiger partial charge in [-0.2, -0.15) is 10.2 Å². The Morgan fingerprint density at radius 2 is 1.14 bits per heavy atom. The average molecular weight is 503 g/mol. The third-order valence-electron chi connectivity index (χ3n) is 6.29. The molecule has 0 spiro atoms. The summed E-state index contributed by atoms with van der Waals surface area (Å²) in [5.74, 6) is -1.05. The second kappa shape index (κ2) is 12.7. The molecule has 0 fully saturated rings. The van der Waals surface area contributed by atoms with Crippen LogP contribution in [-0.4, -0.2) is 43.7 Å². The van der Waals surface area contributed by atoms with Gasteiger partial charge in [-0.3, -0.25) is 19.0 Å². The van der Waals surface area contributed by atoms with E-state index < -0.39 is 5.97 Å². The minimum Gasteiger partial charge on any atom is -0.481 e. The topological polar surface area (TPSA) is 99.2 Å². The molecule has 4 aromatic rings. The van der Waals surface area contributed by atoms with Crippen LogP contribution in [0.25, 0.3) is 0 Å². The summed E-state index contributed by atoms with van der Waals surface area (Å²) < 4.78 is 8.51. The molecule has 0 aliphatic carbocycles. The number of aryl methyl sites for hydroxylation is 2. The van der Waals surface area contributed by atoms with Gasteiger partial charge in [0, 0.05) is 22.5 Å². The second-order valence-corrected chi connectivity index (χ2v) is 8.91. The van der Waals surface area contributed by atoms with Crippen LogP contribution >= 0.6 is 0 Å². The van der Waals surface area contributed by atoms with Crippen molar-refractivity contribution < 1.29 is 19.4 Å². The normalized spacial score (nSPS) is 10.5. The number of esters is 1. The number of rotatable bonds is 8. The predicted octanol–water partition coefficient (Wildman–Crippen LogP) is 4.44. The molecular weight excluding hydrogens is 468 g/mol. The minimum absolute atomic E-state index is 0.0342. The number of ether oxygens (including phenoxy) is 1. The monoisotopic (exact) mass is 502 g/mol. The first-order valence-corrected chi connectivity index (χ1v) is 12.1. The number of nitrogens with zero attached hydrogens (tertiary/aromatic N) is 4. The van der Waals surface area contributed by atoms with E-state index >= 15 is 0 Å². The van der Waals surface area contributed by atoms with E-state index in [4.69, 9.17) is 9.84 Å². The fourth-order valence-electron chi connectivity index (χ4n) is 4.17. The van der Waals surface area contributed by atoms with E-state index in [1.54, 1.807) is 0 Å². The van der Waals surface area contributed by atoms with Crippen LogP contribution in [0.1, 0.15) is 45.0 Å². The zero-order valence-corrected chi connectivity index (χ0v) is 22.1. The molecule has 0 saturated carbocycles. The highest BCUT2D eigenvalue weighted by molar-refractivity contribution is 5.73. The zero-order chi connectivity index (χ0) is 26.9. The first-order chi connectivity index (χ1) is 17.7. The Morgan fingerprint density at radius 3 is 1.51 bits per heavy atom. The number of aliphatic carboxylic acids is 1. The molecule has 0 aliphatic rings. The lowest BCUT2D eigenvalue weighted by Gasteiger charge is -2.05. The van der Waals surface area contributed by atoms with E-state index in [1.807, 2.05) is 85.6 Å². The Kier molecular flexibility index (Phi) is 9.38. The number of carboxylic acids is 1. The quantitative estimate of drug-likeness (QED) is 0.358. The lowest BCUT2D eigenvalue weighted by molar-refractivity contribution is -0.140. The van der Waals surface area contributed by atoms with Crippen molar-refractivity contribution in [3.63, 3.8) is 0 Å². The molecule has 194 valence electrons. The van der Waals surface area contributed by atoms with Gasteiger partial charge in [-0.15, -0.1) is 0 Å². The highest BCUT2D eigenvalue weighted by Crippen LogP contribution is 2.17. The fourth-order valence-corrected chi connectivity index (χ4v) is 4.17. The third kappa shape index (κ3) is 7.39. The van der Waals surface area contributed by atoms with Gasteiger partial charge >= 0.3 is 11.9 Å². The Bertz CT molecular complexity index is 1340. The van der Waals surface area contributed by atoms with Crippen LogP contribution in [0.5, 0.6) is 0 Å². The molecule has 4 rings (SSSR count). The third-order valence-corrected chi connectivity index (χ3v) is 6.29. The molecule has 0 bridgehead atoms. The Balaban J connectivity index is 0.000000206. The van der Waals surface area contributed by atoms with Crippen molar-refractivity contribution in [2.75, 3.05) is 7.11 Å². The summed E-state index contributed by atoms with van der Waals surface area (Å²) in [7, 11) is 1.40. The maximum absolute atomic E-state index is 11.4. The number of carbonyl (C=O) groups is 2. The van der Waals surface area contributed by atoms with Gasteiger partial charge in [-0.05, 0) is 38.8 Å². The standard InChI is InChI=1S/C15H18N2O2.C14H16N2O2/c1-11-14(9-15(18)19-3)12(2)17(16-11)10-13-7-5-4-6-8-13;1-10-13(8-14(17)18)11(2)16(15-10)9-12-6-4-3-5-7-12/h4-8H,9-10H2,1-3H3;3-7H,8-9H2,1-2H3,(H,17,18). The van der Waals surface area contributed by atoms with Crippen LogP contribution in [0.3, 0.4) is 0 Å². The fraction of sp³-hybridized carbons (Fsp3) is 0.310. The average Bonchev–Trinajstić information content (AvgIpc) is 3.29. The summed E-state index contributed by atoms with van der Waals surface area (Å²) >= 11 is 0. The minimum atomic E-state index is -0.819. The molecule has 8 heteroatoms. The number of hydrogen-bond donors (Lipinski definition) is 1. The van der Waals surface area contributed by atoms with E-state index in [0.717, 1.165) is 39.5 Å². The molecular formula is C29H34N4O4. The van der Waals surface area contributed by atoms with Crippen LogP contribution in [0, 0.1) is 27.7 Å². The predicted molar refractivity (Wildman–Crippen MR) is 142 cm³/mol.